The number of nitrogens with two attached hydrogens (primary N) is 1. The zero-order chi connectivity index (χ0) is 11.4. The van der Waals surface area contributed by atoms with Crippen molar-refractivity contribution in [3.8, 4) is 11.6 Å². The van der Waals surface area contributed by atoms with Crippen molar-refractivity contribution in [1.82, 2.24) is 4.98 Å². The molecule has 0 saturated carbocycles. The first-order chi connectivity index (χ1) is 7.10. The van der Waals surface area contributed by atoms with Crippen LogP contribution in [0.3, 0.4) is 0 Å². The molecule has 0 radical (unpaired) electrons. The zero-order valence-corrected chi connectivity index (χ0v) is 8.98. The Morgan fingerprint density at radius 1 is 1.47 bits per heavy atom. The monoisotopic (exact) mass is 210 g/mol. The van der Waals surface area contributed by atoms with Crippen LogP contribution in [0.4, 0.5) is 0 Å². The molecule has 0 fully saturated rings. The predicted molar refractivity (Wildman–Crippen MR) is 55.3 cm³/mol. The molecule has 82 valence electrons. The Morgan fingerprint density at radius 3 is 2.60 bits per heavy atom. The Hall–Kier alpha value is -1.62. The van der Waals surface area contributed by atoms with Gasteiger partial charge >= 0.3 is 0 Å². The van der Waals surface area contributed by atoms with Crippen LogP contribution in [0.5, 0.6) is 11.6 Å². The van der Waals surface area contributed by atoms with Crippen molar-refractivity contribution in [2.75, 3.05) is 14.2 Å². The van der Waals surface area contributed by atoms with Crippen molar-refractivity contribution in [3.05, 3.63) is 17.8 Å². The lowest BCUT2D eigenvalue weighted by Gasteiger charge is -2.10. The van der Waals surface area contributed by atoms with Gasteiger partial charge in [0.25, 0.3) is 0 Å². The van der Waals surface area contributed by atoms with Crippen LogP contribution in [0.15, 0.2) is 12.3 Å². The highest BCUT2D eigenvalue weighted by molar-refractivity contribution is 6.02. The minimum absolute atomic E-state index is 0.201. The first-order valence-electron chi connectivity index (χ1n) is 4.48. The molecule has 2 N–H and O–H groups in total. The second kappa shape index (κ2) is 4.75. The lowest BCUT2D eigenvalue weighted by atomic mass is 10.1. The summed E-state index contributed by atoms with van der Waals surface area (Å²) in [7, 11) is 2.95. The quantitative estimate of drug-likeness (QED) is 0.738. The Labute approximate surface area is 88.2 Å². The summed E-state index contributed by atoms with van der Waals surface area (Å²) in [4.78, 5) is 15.6. The summed E-state index contributed by atoms with van der Waals surface area (Å²) < 4.78 is 9.95. The number of Topliss-reactive ketones (excluding diaryl/α,β-unsaturated/α-hetero) is 1. The Bertz CT molecular complexity index is 364. The lowest BCUT2D eigenvalue weighted by Crippen LogP contribution is -2.27. The number of nitrogens with zero attached hydrogens (tertiary/aromatic N) is 1. The number of methoxy groups -OCH3 is 2. The van der Waals surface area contributed by atoms with Crippen LogP contribution >= 0.6 is 0 Å². The third kappa shape index (κ3) is 2.44. The smallest absolute Gasteiger partial charge is 0.213 e. The molecule has 0 amide bonds. The molecule has 0 bridgehead atoms. The fourth-order valence-electron chi connectivity index (χ4n) is 1.14. The third-order valence-electron chi connectivity index (χ3n) is 1.95. The Morgan fingerprint density at radius 2 is 2.13 bits per heavy atom. The van der Waals surface area contributed by atoms with E-state index in [0.29, 0.717) is 17.2 Å². The van der Waals surface area contributed by atoms with E-state index in [4.69, 9.17) is 15.2 Å². The second-order valence-corrected chi connectivity index (χ2v) is 3.08. The van der Waals surface area contributed by atoms with E-state index in [9.17, 15) is 4.79 Å². The largest absolute Gasteiger partial charge is 0.494 e. The summed E-state index contributed by atoms with van der Waals surface area (Å²) in [5.74, 6) is 0.561. The highest BCUT2D eigenvalue weighted by Crippen LogP contribution is 2.22. The molecule has 1 heterocycles. The van der Waals surface area contributed by atoms with E-state index < -0.39 is 6.04 Å². The second-order valence-electron chi connectivity index (χ2n) is 3.08. The fraction of sp³-hybridized carbons (Fsp3) is 0.400. The van der Waals surface area contributed by atoms with Gasteiger partial charge in [-0.25, -0.2) is 4.98 Å². The van der Waals surface area contributed by atoms with Gasteiger partial charge in [-0.3, -0.25) is 4.79 Å². The van der Waals surface area contributed by atoms with E-state index in [-0.39, 0.29) is 5.78 Å². The molecule has 1 aromatic heterocycles. The van der Waals surface area contributed by atoms with Crippen molar-refractivity contribution < 1.29 is 14.3 Å². The molecule has 0 saturated heterocycles. The molecule has 5 nitrogen and oxygen atoms in total. The number of carbonyl (C=O) groups is 1. The van der Waals surface area contributed by atoms with E-state index in [2.05, 4.69) is 4.98 Å². The number of carbonyl (C=O) groups excluding carboxylic acids is 1. The van der Waals surface area contributed by atoms with Crippen molar-refractivity contribution in [2.45, 2.75) is 13.0 Å². The topological polar surface area (TPSA) is 74.4 Å². The van der Waals surface area contributed by atoms with Gasteiger partial charge in [0.15, 0.2) is 5.78 Å². The van der Waals surface area contributed by atoms with Gasteiger partial charge in [0.05, 0.1) is 32.0 Å². The van der Waals surface area contributed by atoms with Crippen molar-refractivity contribution in [1.29, 1.82) is 0 Å². The van der Waals surface area contributed by atoms with Crippen LogP contribution in [0.2, 0.25) is 0 Å². The maximum absolute atomic E-state index is 11.7. The Kier molecular flexibility index (Phi) is 3.62. The third-order valence-corrected chi connectivity index (χ3v) is 1.95. The van der Waals surface area contributed by atoms with Gasteiger partial charge in [-0.2, -0.15) is 0 Å². The maximum Gasteiger partial charge on any atom is 0.213 e. The number of ketones is 1. The van der Waals surface area contributed by atoms with Gasteiger partial charge in [0.2, 0.25) is 5.88 Å². The number of hydrogen-bond acceptors (Lipinski definition) is 5. The van der Waals surface area contributed by atoms with Crippen LogP contribution in [-0.4, -0.2) is 31.0 Å². The lowest BCUT2D eigenvalue weighted by molar-refractivity contribution is 0.0964. The maximum atomic E-state index is 11.7. The van der Waals surface area contributed by atoms with Crippen molar-refractivity contribution in [3.63, 3.8) is 0 Å². The van der Waals surface area contributed by atoms with Crippen LogP contribution in [-0.2, 0) is 0 Å². The first-order valence-corrected chi connectivity index (χ1v) is 4.48. The summed E-state index contributed by atoms with van der Waals surface area (Å²) in [6.45, 7) is 1.62. The number of aromatic nitrogens is 1. The zero-order valence-electron chi connectivity index (χ0n) is 8.98. The molecule has 1 atom stereocenters. The summed E-state index contributed by atoms with van der Waals surface area (Å²) in [5.41, 5.74) is 5.91. The molecular formula is C10H14N2O3. The number of hydrogen-bond donors (Lipinski definition) is 1. The van der Waals surface area contributed by atoms with E-state index in [1.54, 1.807) is 6.92 Å². The van der Waals surface area contributed by atoms with Gasteiger partial charge in [-0.05, 0) is 6.92 Å². The average Bonchev–Trinajstić information content (AvgIpc) is 2.27. The molecule has 0 aromatic carbocycles. The minimum atomic E-state index is -0.578. The predicted octanol–water partition coefficient (Wildman–Crippen LogP) is 0.629. The van der Waals surface area contributed by atoms with E-state index in [1.807, 2.05) is 0 Å². The molecule has 5 heteroatoms. The van der Waals surface area contributed by atoms with Crippen LogP contribution in [0.1, 0.15) is 17.3 Å². The van der Waals surface area contributed by atoms with Gasteiger partial charge in [-0.1, -0.05) is 0 Å². The number of pyridine rings is 1. The highest BCUT2D eigenvalue weighted by Gasteiger charge is 2.17. The summed E-state index contributed by atoms with van der Waals surface area (Å²) in [5, 5.41) is 0. The van der Waals surface area contributed by atoms with E-state index in [0.717, 1.165) is 0 Å². The van der Waals surface area contributed by atoms with Gasteiger partial charge in [0, 0.05) is 6.07 Å². The molecule has 1 aromatic rings. The summed E-state index contributed by atoms with van der Waals surface area (Å²) >= 11 is 0. The molecular weight excluding hydrogens is 196 g/mol. The average molecular weight is 210 g/mol. The molecule has 0 spiro atoms. The van der Waals surface area contributed by atoms with Gasteiger partial charge in [0.1, 0.15) is 5.75 Å². The van der Waals surface area contributed by atoms with Gasteiger partial charge in [-0.15, -0.1) is 0 Å². The van der Waals surface area contributed by atoms with E-state index >= 15 is 0 Å². The molecule has 15 heavy (non-hydrogen) atoms. The highest BCUT2D eigenvalue weighted by atomic mass is 16.5. The van der Waals surface area contributed by atoms with E-state index in [1.165, 1.54) is 26.5 Å². The van der Waals surface area contributed by atoms with Crippen LogP contribution < -0.4 is 15.2 Å². The standard InChI is InChI=1S/C10H14N2O3/c1-6(11)10(13)7-4-9(15-3)12-5-8(7)14-2/h4-6H,11H2,1-3H3. The normalized spacial score (nSPS) is 12.0. The molecule has 0 aliphatic carbocycles. The number of ether oxygens (including phenoxy) is 2. The van der Waals surface area contributed by atoms with Crippen molar-refractivity contribution >= 4 is 5.78 Å². The Balaban J connectivity index is 3.17. The number of rotatable bonds is 4. The molecule has 1 rings (SSSR count). The SMILES string of the molecule is COc1cc(C(=O)C(C)N)c(OC)cn1. The van der Waals surface area contributed by atoms with Gasteiger partial charge < -0.3 is 15.2 Å². The molecule has 1 unspecified atom stereocenters. The molecule has 0 aliphatic rings. The fourth-order valence-corrected chi connectivity index (χ4v) is 1.14. The van der Waals surface area contributed by atoms with Crippen LogP contribution in [0.25, 0.3) is 0 Å². The summed E-state index contributed by atoms with van der Waals surface area (Å²) in [6.07, 6.45) is 1.44. The van der Waals surface area contributed by atoms with Crippen molar-refractivity contribution in [2.24, 2.45) is 5.73 Å². The van der Waals surface area contributed by atoms with Crippen LogP contribution in [0, 0.1) is 0 Å². The molecule has 0 aliphatic heterocycles. The minimum Gasteiger partial charge on any atom is -0.494 e. The summed E-state index contributed by atoms with van der Waals surface area (Å²) in [6, 6.07) is 0.941. The first kappa shape index (κ1) is 11.5.